The summed E-state index contributed by atoms with van der Waals surface area (Å²) < 4.78 is 2.67. The molecule has 13 heavy (non-hydrogen) atoms. The third-order valence-electron chi connectivity index (χ3n) is 1.99. The van der Waals surface area contributed by atoms with Gasteiger partial charge in [0.15, 0.2) is 0 Å². The Kier molecular flexibility index (Phi) is 2.00. The second kappa shape index (κ2) is 3.03. The molecule has 0 unspecified atom stereocenters. The second-order valence-electron chi connectivity index (χ2n) is 2.81. The predicted molar refractivity (Wildman–Crippen MR) is 54.8 cm³/mol. The standard InChI is InChI=1S/C9H9BrN2O/c1-2-12-8-4-3-6(13)5-7(8)9(10)11-12/h3-5,13H,2H2,1H3. The third kappa shape index (κ3) is 1.31. The quantitative estimate of drug-likeness (QED) is 0.832. The van der Waals surface area contributed by atoms with Crippen LogP contribution in [0.1, 0.15) is 6.92 Å². The number of hydrogen-bond donors (Lipinski definition) is 1. The fraction of sp³-hybridized carbons (Fsp3) is 0.222. The monoisotopic (exact) mass is 240 g/mol. The number of fused-ring (bicyclic) bond motifs is 1. The predicted octanol–water partition coefficient (Wildman–Crippen LogP) is 2.52. The molecular formula is C9H9BrN2O. The fourth-order valence-corrected chi connectivity index (χ4v) is 1.88. The molecule has 0 aliphatic heterocycles. The van der Waals surface area contributed by atoms with Gasteiger partial charge < -0.3 is 5.11 Å². The zero-order chi connectivity index (χ0) is 9.42. The van der Waals surface area contributed by atoms with E-state index in [1.54, 1.807) is 12.1 Å². The number of phenols is 1. The molecule has 2 aromatic rings. The summed E-state index contributed by atoms with van der Waals surface area (Å²) in [5.41, 5.74) is 1.03. The third-order valence-corrected chi connectivity index (χ3v) is 2.57. The lowest BCUT2D eigenvalue weighted by molar-refractivity contribution is 0.476. The van der Waals surface area contributed by atoms with E-state index in [1.807, 2.05) is 17.7 Å². The van der Waals surface area contributed by atoms with Crippen molar-refractivity contribution in [3.63, 3.8) is 0 Å². The van der Waals surface area contributed by atoms with Crippen LogP contribution in [0.15, 0.2) is 22.8 Å². The van der Waals surface area contributed by atoms with Crippen LogP contribution in [-0.2, 0) is 6.54 Å². The molecule has 0 fully saturated rings. The Morgan fingerprint density at radius 1 is 1.54 bits per heavy atom. The minimum atomic E-state index is 0.267. The summed E-state index contributed by atoms with van der Waals surface area (Å²) in [6.45, 7) is 2.86. The Morgan fingerprint density at radius 3 is 3.00 bits per heavy atom. The highest BCUT2D eigenvalue weighted by Gasteiger charge is 2.06. The highest BCUT2D eigenvalue weighted by molar-refractivity contribution is 9.10. The molecule has 0 radical (unpaired) electrons. The maximum Gasteiger partial charge on any atom is 0.136 e. The molecule has 1 aromatic heterocycles. The average molecular weight is 241 g/mol. The molecule has 1 aromatic carbocycles. The molecule has 0 amide bonds. The van der Waals surface area contributed by atoms with E-state index < -0.39 is 0 Å². The zero-order valence-electron chi connectivity index (χ0n) is 7.16. The van der Waals surface area contributed by atoms with Crippen molar-refractivity contribution in [1.82, 2.24) is 9.78 Å². The first kappa shape index (κ1) is 8.56. The largest absolute Gasteiger partial charge is 0.508 e. The molecule has 0 saturated heterocycles. The van der Waals surface area contributed by atoms with Crippen LogP contribution < -0.4 is 0 Å². The molecule has 2 rings (SSSR count). The minimum Gasteiger partial charge on any atom is -0.508 e. The van der Waals surface area contributed by atoms with Crippen LogP contribution in [0, 0.1) is 0 Å². The molecule has 0 aliphatic carbocycles. The molecule has 0 saturated carbocycles. The summed E-state index contributed by atoms with van der Waals surface area (Å²) in [5.74, 6) is 0.267. The second-order valence-corrected chi connectivity index (χ2v) is 3.56. The minimum absolute atomic E-state index is 0.267. The lowest BCUT2D eigenvalue weighted by Gasteiger charge is -1.97. The number of aromatic hydroxyl groups is 1. The van der Waals surface area contributed by atoms with Crippen molar-refractivity contribution in [3.05, 3.63) is 22.8 Å². The van der Waals surface area contributed by atoms with Gasteiger partial charge in [0.2, 0.25) is 0 Å². The lowest BCUT2D eigenvalue weighted by atomic mass is 10.2. The number of rotatable bonds is 1. The number of nitrogens with zero attached hydrogens (tertiary/aromatic N) is 2. The van der Waals surface area contributed by atoms with Gasteiger partial charge in [-0.15, -0.1) is 0 Å². The molecule has 0 aliphatic rings. The summed E-state index contributed by atoms with van der Waals surface area (Å²) in [7, 11) is 0. The van der Waals surface area contributed by atoms with Crippen LogP contribution in [-0.4, -0.2) is 14.9 Å². The van der Waals surface area contributed by atoms with Crippen LogP contribution in [0.2, 0.25) is 0 Å². The lowest BCUT2D eigenvalue weighted by Crippen LogP contribution is -1.94. The van der Waals surface area contributed by atoms with Crippen molar-refractivity contribution in [2.45, 2.75) is 13.5 Å². The number of hydrogen-bond acceptors (Lipinski definition) is 2. The number of benzene rings is 1. The molecule has 1 N–H and O–H groups in total. The normalized spacial score (nSPS) is 10.9. The first-order chi connectivity index (χ1) is 6.22. The van der Waals surface area contributed by atoms with Crippen molar-refractivity contribution in [2.24, 2.45) is 0 Å². The first-order valence-corrected chi connectivity index (χ1v) is 4.86. The van der Waals surface area contributed by atoms with Gasteiger partial charge in [-0.1, -0.05) is 0 Å². The molecule has 4 heteroatoms. The Bertz CT molecular complexity index is 450. The fourth-order valence-electron chi connectivity index (χ4n) is 1.37. The zero-order valence-corrected chi connectivity index (χ0v) is 8.74. The molecule has 0 bridgehead atoms. The topological polar surface area (TPSA) is 38.0 Å². The molecular weight excluding hydrogens is 232 g/mol. The summed E-state index contributed by atoms with van der Waals surface area (Å²) >= 11 is 3.35. The van der Waals surface area contributed by atoms with Gasteiger partial charge in [0.25, 0.3) is 0 Å². The number of phenolic OH excluding ortho intramolecular Hbond substituents is 1. The molecule has 68 valence electrons. The Labute approximate surface area is 84.1 Å². The highest BCUT2D eigenvalue weighted by Crippen LogP contribution is 2.26. The van der Waals surface area contributed by atoms with Gasteiger partial charge in [-0.25, -0.2) is 0 Å². The van der Waals surface area contributed by atoms with E-state index >= 15 is 0 Å². The Balaban J connectivity index is 2.80. The van der Waals surface area contributed by atoms with Gasteiger partial charge in [0.1, 0.15) is 10.4 Å². The molecule has 0 atom stereocenters. The highest BCUT2D eigenvalue weighted by atomic mass is 79.9. The van der Waals surface area contributed by atoms with E-state index in [9.17, 15) is 5.11 Å². The van der Waals surface area contributed by atoms with E-state index in [-0.39, 0.29) is 5.75 Å². The van der Waals surface area contributed by atoms with Gasteiger partial charge in [-0.2, -0.15) is 5.10 Å². The van der Waals surface area contributed by atoms with Gasteiger partial charge in [-0.05, 0) is 41.1 Å². The smallest absolute Gasteiger partial charge is 0.136 e. The number of aromatic nitrogens is 2. The number of aryl methyl sites for hydroxylation is 1. The van der Waals surface area contributed by atoms with Crippen LogP contribution in [0.5, 0.6) is 5.75 Å². The van der Waals surface area contributed by atoms with Crippen LogP contribution in [0.3, 0.4) is 0 Å². The van der Waals surface area contributed by atoms with Crippen LogP contribution in [0.25, 0.3) is 10.9 Å². The van der Waals surface area contributed by atoms with Gasteiger partial charge in [-0.3, -0.25) is 4.68 Å². The van der Waals surface area contributed by atoms with Crippen molar-refractivity contribution in [1.29, 1.82) is 0 Å². The van der Waals surface area contributed by atoms with Crippen molar-refractivity contribution in [2.75, 3.05) is 0 Å². The van der Waals surface area contributed by atoms with Crippen LogP contribution >= 0.6 is 15.9 Å². The molecule has 1 heterocycles. The summed E-state index contributed by atoms with van der Waals surface area (Å²) in [6.07, 6.45) is 0. The average Bonchev–Trinajstić information content (AvgIpc) is 2.43. The Morgan fingerprint density at radius 2 is 2.31 bits per heavy atom. The molecule has 3 nitrogen and oxygen atoms in total. The van der Waals surface area contributed by atoms with E-state index in [2.05, 4.69) is 21.0 Å². The molecule has 0 spiro atoms. The van der Waals surface area contributed by atoms with Gasteiger partial charge in [0, 0.05) is 11.9 Å². The van der Waals surface area contributed by atoms with E-state index in [4.69, 9.17) is 0 Å². The van der Waals surface area contributed by atoms with E-state index in [1.165, 1.54) is 0 Å². The first-order valence-electron chi connectivity index (χ1n) is 4.07. The Hall–Kier alpha value is -1.03. The summed E-state index contributed by atoms with van der Waals surface area (Å²) in [4.78, 5) is 0. The van der Waals surface area contributed by atoms with E-state index in [0.29, 0.717) is 0 Å². The van der Waals surface area contributed by atoms with Crippen molar-refractivity contribution >= 4 is 26.8 Å². The van der Waals surface area contributed by atoms with Crippen molar-refractivity contribution < 1.29 is 5.11 Å². The van der Waals surface area contributed by atoms with E-state index in [0.717, 1.165) is 22.1 Å². The summed E-state index contributed by atoms with van der Waals surface area (Å²) in [6, 6.07) is 5.24. The summed E-state index contributed by atoms with van der Waals surface area (Å²) in [5, 5.41) is 14.5. The SMILES string of the molecule is CCn1nc(Br)c2cc(O)ccc21. The van der Waals surface area contributed by atoms with Gasteiger partial charge in [0.05, 0.1) is 5.52 Å². The van der Waals surface area contributed by atoms with Gasteiger partial charge >= 0.3 is 0 Å². The maximum atomic E-state index is 9.28. The number of halogens is 1. The van der Waals surface area contributed by atoms with Crippen LogP contribution in [0.4, 0.5) is 0 Å². The maximum absolute atomic E-state index is 9.28. The van der Waals surface area contributed by atoms with Crippen molar-refractivity contribution in [3.8, 4) is 5.75 Å².